The Hall–Kier alpha value is -4.66. The molecular weight excluding hydrogens is 936 g/mol. The molecule has 1 fully saturated rings. The summed E-state index contributed by atoms with van der Waals surface area (Å²) in [6.45, 7) is 32.1. The second-order valence-corrected chi connectivity index (χ2v) is 20.5. The van der Waals surface area contributed by atoms with Crippen molar-refractivity contribution in [2.24, 2.45) is 29.6 Å². The van der Waals surface area contributed by atoms with Gasteiger partial charge in [0, 0.05) is 48.3 Å². The van der Waals surface area contributed by atoms with E-state index >= 15 is 0 Å². The Kier molecular flexibility index (Phi) is 40.7. The molecule has 0 amide bonds. The lowest BCUT2D eigenvalue weighted by Crippen LogP contribution is -2.22. The van der Waals surface area contributed by atoms with Crippen molar-refractivity contribution in [3.63, 3.8) is 0 Å². The predicted octanol–water partition coefficient (Wildman–Crippen LogP) is 18.4. The van der Waals surface area contributed by atoms with E-state index in [1.165, 1.54) is 58.5 Å². The average Bonchev–Trinajstić information content (AvgIpc) is 3.95. The molecular formula is C60H82Cl2O5S2. The number of Topliss-reactive ketones (excluding diaryl/α,β-unsaturated/α-hetero) is 1. The minimum absolute atomic E-state index is 0.241. The van der Waals surface area contributed by atoms with E-state index in [0.717, 1.165) is 17.7 Å². The number of halogens is 2. The molecule has 9 heteroatoms. The van der Waals surface area contributed by atoms with Crippen molar-refractivity contribution in [2.45, 2.75) is 125 Å². The monoisotopic (exact) mass is 1020 g/mol. The summed E-state index contributed by atoms with van der Waals surface area (Å²) in [4.78, 5) is 46.5. The van der Waals surface area contributed by atoms with Crippen LogP contribution in [-0.2, 0) is 27.2 Å². The lowest BCUT2D eigenvalue weighted by atomic mass is 9.74. The zero-order chi connectivity index (χ0) is 52.6. The highest BCUT2D eigenvalue weighted by molar-refractivity contribution is 7.14. The smallest absolute Gasteiger partial charge is 0.303 e. The van der Waals surface area contributed by atoms with Gasteiger partial charge in [0.15, 0.2) is 5.78 Å². The number of carbonyl (C=O) groups excluding carboxylic acids is 3. The zero-order valence-corrected chi connectivity index (χ0v) is 45.8. The molecule has 1 saturated carbocycles. The number of rotatable bonds is 15. The van der Waals surface area contributed by atoms with Crippen molar-refractivity contribution in [1.82, 2.24) is 0 Å². The second-order valence-electron chi connectivity index (χ2n) is 17.5. The molecule has 1 N–H and O–H groups in total. The fourth-order valence-electron chi connectivity index (χ4n) is 7.30. The van der Waals surface area contributed by atoms with Crippen molar-refractivity contribution < 1.29 is 24.3 Å². The Morgan fingerprint density at radius 2 is 1.00 bits per heavy atom. The molecule has 3 aromatic carbocycles. The molecule has 5 nitrogen and oxygen atoms in total. The van der Waals surface area contributed by atoms with Crippen LogP contribution in [-0.4, -0.2) is 27.3 Å². The minimum atomic E-state index is -0.663. The summed E-state index contributed by atoms with van der Waals surface area (Å²) >= 11 is 13.5. The first-order valence-corrected chi connectivity index (χ1v) is 26.3. The topological polar surface area (TPSA) is 88.5 Å². The number of thiophene rings is 2. The normalized spacial score (nSPS) is 13.7. The number of carbonyl (C=O) groups is 4. The van der Waals surface area contributed by atoms with Gasteiger partial charge >= 0.3 is 5.97 Å². The first-order valence-electron chi connectivity index (χ1n) is 23.9. The van der Waals surface area contributed by atoms with Crippen LogP contribution >= 0.6 is 45.9 Å². The summed E-state index contributed by atoms with van der Waals surface area (Å²) in [6, 6.07) is 39.9. The first kappa shape index (κ1) is 66.4. The van der Waals surface area contributed by atoms with E-state index in [1.54, 1.807) is 11.3 Å². The molecule has 2 aromatic heterocycles. The number of hydrogen-bond acceptors (Lipinski definition) is 6. The van der Waals surface area contributed by atoms with Gasteiger partial charge in [0.05, 0.1) is 4.88 Å². The molecule has 0 aliphatic heterocycles. The van der Waals surface area contributed by atoms with Gasteiger partial charge in [0.1, 0.15) is 0 Å². The SMILES string of the molecule is C=C.C=C.C=C.CC(C)CC(=O)Cl.CC(C)CC(=O)Cl.CC(C)CC(=O)c1ccc(Cc2ccccc2)s1.CC(CC(=O)O)C1CCCCCC1c1ccccc1.c1ccc(Cc2cccs2)cc1. The lowest BCUT2D eigenvalue weighted by molar-refractivity contribution is -0.138. The van der Waals surface area contributed by atoms with Crippen LogP contribution in [0.15, 0.2) is 160 Å². The van der Waals surface area contributed by atoms with Gasteiger partial charge in [-0.1, -0.05) is 165 Å². The van der Waals surface area contributed by atoms with Gasteiger partial charge in [-0.05, 0) is 112 Å². The summed E-state index contributed by atoms with van der Waals surface area (Å²) < 4.78 is 0. The number of ketones is 1. The van der Waals surface area contributed by atoms with E-state index in [1.807, 2.05) is 63.3 Å². The maximum Gasteiger partial charge on any atom is 0.303 e. The van der Waals surface area contributed by atoms with Crippen molar-refractivity contribution in [3.05, 3.63) is 191 Å². The lowest BCUT2D eigenvalue weighted by Gasteiger charge is -2.30. The second kappa shape index (κ2) is 42.2. The Morgan fingerprint density at radius 1 is 0.551 bits per heavy atom. The molecule has 2 heterocycles. The van der Waals surface area contributed by atoms with Gasteiger partial charge in [0.25, 0.3) is 0 Å². The molecule has 0 bridgehead atoms. The largest absolute Gasteiger partial charge is 0.481 e. The van der Waals surface area contributed by atoms with E-state index < -0.39 is 5.97 Å². The minimum Gasteiger partial charge on any atom is -0.481 e. The van der Waals surface area contributed by atoms with Crippen LogP contribution in [0, 0.1) is 29.6 Å². The van der Waals surface area contributed by atoms with E-state index in [9.17, 15) is 19.2 Å². The number of hydrogen-bond donors (Lipinski definition) is 1. The Morgan fingerprint density at radius 3 is 1.41 bits per heavy atom. The average molecular weight is 1020 g/mol. The summed E-state index contributed by atoms with van der Waals surface area (Å²) in [5.74, 6) is 2.14. The maximum absolute atomic E-state index is 11.9. The molecule has 3 atom stereocenters. The highest BCUT2D eigenvalue weighted by Gasteiger charge is 2.30. The van der Waals surface area contributed by atoms with Crippen LogP contribution in [0.25, 0.3) is 0 Å². The third-order valence-electron chi connectivity index (χ3n) is 10.2. The zero-order valence-electron chi connectivity index (χ0n) is 42.7. The predicted molar refractivity (Wildman–Crippen MR) is 302 cm³/mol. The van der Waals surface area contributed by atoms with E-state index in [0.29, 0.717) is 55.3 Å². The maximum atomic E-state index is 11.9. The van der Waals surface area contributed by atoms with Crippen molar-refractivity contribution in [3.8, 4) is 0 Å². The number of carboxylic acids is 1. The van der Waals surface area contributed by atoms with Crippen LogP contribution < -0.4 is 0 Å². The van der Waals surface area contributed by atoms with Crippen LogP contribution in [0.5, 0.6) is 0 Å². The number of carboxylic acid groups (broad SMARTS) is 1. The molecule has 0 saturated heterocycles. The van der Waals surface area contributed by atoms with E-state index in [-0.39, 0.29) is 22.2 Å². The van der Waals surface area contributed by atoms with Gasteiger partial charge in [-0.15, -0.1) is 62.1 Å². The highest BCUT2D eigenvalue weighted by atomic mass is 35.5. The van der Waals surface area contributed by atoms with Gasteiger partial charge in [-0.3, -0.25) is 19.2 Å². The third-order valence-corrected chi connectivity index (χ3v) is 12.5. The molecule has 3 unspecified atom stereocenters. The first-order chi connectivity index (χ1) is 33.0. The van der Waals surface area contributed by atoms with Crippen LogP contribution in [0.4, 0.5) is 0 Å². The van der Waals surface area contributed by atoms with Gasteiger partial charge < -0.3 is 5.11 Å². The van der Waals surface area contributed by atoms with Crippen LogP contribution in [0.1, 0.15) is 148 Å². The quantitative estimate of drug-likeness (QED) is 0.0488. The van der Waals surface area contributed by atoms with Gasteiger partial charge in [-0.25, -0.2) is 0 Å². The molecule has 6 rings (SSSR count). The molecule has 378 valence electrons. The molecule has 1 aliphatic rings. The summed E-state index contributed by atoms with van der Waals surface area (Å²) in [7, 11) is 0. The van der Waals surface area contributed by atoms with E-state index in [4.69, 9.17) is 28.3 Å². The molecule has 0 radical (unpaired) electrons. The van der Waals surface area contributed by atoms with Crippen molar-refractivity contribution >= 4 is 68.1 Å². The summed E-state index contributed by atoms with van der Waals surface area (Å²) in [5, 5.41) is 10.7. The van der Waals surface area contributed by atoms with Gasteiger partial charge in [-0.2, -0.15) is 0 Å². The number of benzene rings is 3. The molecule has 69 heavy (non-hydrogen) atoms. The molecule has 0 spiro atoms. The Labute approximate surface area is 435 Å². The Balaban J connectivity index is 0. The van der Waals surface area contributed by atoms with Crippen molar-refractivity contribution in [1.29, 1.82) is 0 Å². The highest BCUT2D eigenvalue weighted by Crippen LogP contribution is 2.41. The summed E-state index contributed by atoms with van der Waals surface area (Å²) in [6.07, 6.45) is 10.1. The van der Waals surface area contributed by atoms with Gasteiger partial charge in [0.2, 0.25) is 10.5 Å². The third kappa shape index (κ3) is 34.3. The van der Waals surface area contributed by atoms with E-state index in [2.05, 4.69) is 157 Å². The molecule has 5 aromatic rings. The number of aliphatic carboxylic acids is 1. The Bertz CT molecular complexity index is 2000. The standard InChI is InChI=1S/C17H24O2.C16H18OS.C11H10S.2C5H9ClO.3C2H4/c1-13(12-17(18)19)15-10-6-3-7-11-16(15)14-8-4-2-5-9-14;1-12(2)10-15(17)16-9-8-14(18-16)11-13-6-4-3-5-7-13;1-2-5-10(6-3-1)9-11-7-4-8-12-11;2*1-4(2)3-5(6)7;3*1-2/h2,4-5,8-9,13,15-16H,3,6-7,10-12H2,1H3,(H,18,19);3-9,12H,10-11H2,1-2H3;1-8H,9H2;2*4H,3H2,1-2H3;3*1-2H2. The molecule has 1 aliphatic carbocycles. The summed E-state index contributed by atoms with van der Waals surface area (Å²) in [5.41, 5.74) is 4.08. The van der Waals surface area contributed by atoms with Crippen LogP contribution in [0.3, 0.4) is 0 Å². The van der Waals surface area contributed by atoms with Crippen molar-refractivity contribution in [2.75, 3.05) is 0 Å². The van der Waals surface area contributed by atoms with Crippen LogP contribution in [0.2, 0.25) is 0 Å². The fraction of sp³-hybridized carbons (Fsp3) is 0.400. The fourth-order valence-corrected chi connectivity index (χ4v) is 9.65.